The number of furan rings is 1. The van der Waals surface area contributed by atoms with Crippen LogP contribution < -0.4 is 10.6 Å². The summed E-state index contributed by atoms with van der Waals surface area (Å²) in [4.78, 5) is 40.0. The van der Waals surface area contributed by atoms with Crippen LogP contribution in [0.25, 0.3) is 0 Å². The van der Waals surface area contributed by atoms with Gasteiger partial charge in [0.05, 0.1) is 23.4 Å². The van der Waals surface area contributed by atoms with E-state index in [-0.39, 0.29) is 23.5 Å². The minimum absolute atomic E-state index is 0.0943. The van der Waals surface area contributed by atoms with Crippen LogP contribution in [-0.4, -0.2) is 35.7 Å². The number of nitrogens with one attached hydrogen (secondary N) is 2. The van der Waals surface area contributed by atoms with Crippen molar-refractivity contribution in [3.05, 3.63) is 84.3 Å². The zero-order valence-corrected chi connectivity index (χ0v) is 16.9. The summed E-state index contributed by atoms with van der Waals surface area (Å²) in [6, 6.07) is 19.3. The molecule has 0 aliphatic carbocycles. The van der Waals surface area contributed by atoms with Crippen LogP contribution in [0.1, 0.15) is 33.8 Å². The van der Waals surface area contributed by atoms with Crippen LogP contribution in [0.15, 0.2) is 77.4 Å². The summed E-state index contributed by atoms with van der Waals surface area (Å²) in [5, 5.41) is 5.66. The Balaban J connectivity index is 1.45. The number of nitrogens with zero attached hydrogens (tertiary/aromatic N) is 1. The molecule has 0 saturated carbocycles. The topological polar surface area (TPSA) is 91.7 Å². The zero-order valence-electron chi connectivity index (χ0n) is 16.9. The Hall–Kier alpha value is -3.87. The third-order valence-corrected chi connectivity index (χ3v) is 5.27. The summed E-state index contributed by atoms with van der Waals surface area (Å²) in [5.41, 5.74) is 1.53. The van der Waals surface area contributed by atoms with Gasteiger partial charge in [-0.2, -0.15) is 0 Å². The Morgan fingerprint density at radius 2 is 1.68 bits per heavy atom. The molecule has 1 aliphatic rings. The highest BCUT2D eigenvalue weighted by Crippen LogP contribution is 2.24. The van der Waals surface area contributed by atoms with Gasteiger partial charge in [-0.1, -0.05) is 30.3 Å². The Morgan fingerprint density at radius 3 is 2.45 bits per heavy atom. The fourth-order valence-corrected chi connectivity index (χ4v) is 3.68. The lowest BCUT2D eigenvalue weighted by Crippen LogP contribution is -2.44. The van der Waals surface area contributed by atoms with Crippen molar-refractivity contribution in [3.63, 3.8) is 0 Å². The molecule has 31 heavy (non-hydrogen) atoms. The quantitative estimate of drug-likeness (QED) is 0.656. The van der Waals surface area contributed by atoms with Crippen LogP contribution in [0.3, 0.4) is 0 Å². The first kappa shape index (κ1) is 20.4. The van der Waals surface area contributed by atoms with Crippen molar-refractivity contribution >= 4 is 29.1 Å². The molecule has 7 nitrogen and oxygen atoms in total. The highest BCUT2D eigenvalue weighted by molar-refractivity contribution is 6.08. The number of likely N-dealkylation sites (tertiary alicyclic amines) is 1. The lowest BCUT2D eigenvalue weighted by molar-refractivity contribution is -0.121. The average Bonchev–Trinajstić information content (AvgIpc) is 3.35. The SMILES string of the molecule is O=C(Nc1ccccc1C(=O)N1CCCC(C(=O)Nc2ccccc2)C1)c1ccco1. The van der Waals surface area contributed by atoms with E-state index in [1.54, 1.807) is 41.3 Å². The van der Waals surface area contributed by atoms with Gasteiger partial charge in [0, 0.05) is 18.8 Å². The third kappa shape index (κ3) is 4.83. The number of carbonyl (C=O) groups excluding carboxylic acids is 3. The van der Waals surface area contributed by atoms with Gasteiger partial charge in [-0.3, -0.25) is 14.4 Å². The molecule has 1 aliphatic heterocycles. The maximum Gasteiger partial charge on any atom is 0.291 e. The monoisotopic (exact) mass is 417 g/mol. The Labute approximate surface area is 180 Å². The van der Waals surface area contributed by atoms with Crippen molar-refractivity contribution in [1.82, 2.24) is 4.90 Å². The minimum atomic E-state index is -0.427. The smallest absolute Gasteiger partial charge is 0.291 e. The van der Waals surface area contributed by atoms with Crippen molar-refractivity contribution in [2.45, 2.75) is 12.8 Å². The third-order valence-electron chi connectivity index (χ3n) is 5.27. The molecule has 0 radical (unpaired) electrons. The number of hydrogen-bond acceptors (Lipinski definition) is 4. The molecular formula is C24H23N3O4. The number of piperidine rings is 1. The van der Waals surface area contributed by atoms with Crippen molar-refractivity contribution < 1.29 is 18.8 Å². The van der Waals surface area contributed by atoms with Gasteiger partial charge in [-0.15, -0.1) is 0 Å². The van der Waals surface area contributed by atoms with Gasteiger partial charge in [0.1, 0.15) is 0 Å². The minimum Gasteiger partial charge on any atom is -0.459 e. The van der Waals surface area contributed by atoms with Gasteiger partial charge in [0.25, 0.3) is 11.8 Å². The number of carbonyl (C=O) groups is 3. The number of anilines is 2. The highest BCUT2D eigenvalue weighted by atomic mass is 16.3. The van der Waals surface area contributed by atoms with E-state index < -0.39 is 5.91 Å². The first-order chi connectivity index (χ1) is 15.1. The molecule has 1 fully saturated rings. The second kappa shape index (κ2) is 9.30. The van der Waals surface area contributed by atoms with Crippen LogP contribution in [0.4, 0.5) is 11.4 Å². The highest BCUT2D eigenvalue weighted by Gasteiger charge is 2.30. The van der Waals surface area contributed by atoms with E-state index in [1.807, 2.05) is 30.3 Å². The van der Waals surface area contributed by atoms with Crippen LogP contribution >= 0.6 is 0 Å². The maximum absolute atomic E-state index is 13.2. The Kier molecular flexibility index (Phi) is 6.12. The summed E-state index contributed by atoms with van der Waals surface area (Å²) in [5.74, 6) is -0.861. The van der Waals surface area contributed by atoms with Crippen molar-refractivity contribution in [1.29, 1.82) is 0 Å². The van der Waals surface area contributed by atoms with Crippen molar-refractivity contribution in [2.75, 3.05) is 23.7 Å². The van der Waals surface area contributed by atoms with Crippen LogP contribution in [0, 0.1) is 5.92 Å². The van der Waals surface area contributed by atoms with Gasteiger partial charge in [0.15, 0.2) is 5.76 Å². The summed E-state index contributed by atoms with van der Waals surface area (Å²) in [6.07, 6.45) is 2.87. The molecule has 158 valence electrons. The molecular weight excluding hydrogens is 394 g/mol. The van der Waals surface area contributed by atoms with E-state index in [4.69, 9.17) is 4.42 Å². The molecule has 7 heteroatoms. The molecule has 1 aromatic heterocycles. The number of hydrogen-bond donors (Lipinski definition) is 2. The average molecular weight is 417 g/mol. The number of amides is 3. The van der Waals surface area contributed by atoms with Gasteiger partial charge >= 0.3 is 0 Å². The van der Waals surface area contributed by atoms with E-state index in [0.29, 0.717) is 24.3 Å². The second-order valence-electron chi connectivity index (χ2n) is 7.42. The van der Waals surface area contributed by atoms with Crippen molar-refractivity contribution in [3.8, 4) is 0 Å². The molecule has 2 N–H and O–H groups in total. The predicted molar refractivity (Wildman–Crippen MR) is 117 cm³/mol. The van der Waals surface area contributed by atoms with E-state index in [1.165, 1.54) is 6.26 Å². The normalized spacial score (nSPS) is 15.9. The molecule has 1 atom stereocenters. The largest absolute Gasteiger partial charge is 0.459 e. The molecule has 0 spiro atoms. The van der Waals surface area contributed by atoms with E-state index in [0.717, 1.165) is 18.5 Å². The fourth-order valence-electron chi connectivity index (χ4n) is 3.68. The number of para-hydroxylation sites is 2. The maximum atomic E-state index is 13.2. The van der Waals surface area contributed by atoms with Gasteiger partial charge in [0.2, 0.25) is 5.91 Å². The Morgan fingerprint density at radius 1 is 0.903 bits per heavy atom. The number of rotatable bonds is 5. The first-order valence-electron chi connectivity index (χ1n) is 10.2. The lowest BCUT2D eigenvalue weighted by atomic mass is 9.96. The standard InChI is InChI=1S/C24H23N3O4/c28-22(25-18-9-2-1-3-10-18)17-8-6-14-27(16-17)24(30)19-11-4-5-12-20(19)26-23(29)21-13-7-15-31-21/h1-5,7,9-13,15,17H,6,8,14,16H2,(H,25,28)(H,26,29). The summed E-state index contributed by atoms with van der Waals surface area (Å²) < 4.78 is 5.12. The van der Waals surface area contributed by atoms with Gasteiger partial charge in [-0.25, -0.2) is 0 Å². The van der Waals surface area contributed by atoms with Crippen LogP contribution in [-0.2, 0) is 4.79 Å². The zero-order chi connectivity index (χ0) is 21.6. The van der Waals surface area contributed by atoms with E-state index >= 15 is 0 Å². The number of benzene rings is 2. The summed E-state index contributed by atoms with van der Waals surface area (Å²) in [7, 11) is 0. The van der Waals surface area contributed by atoms with Gasteiger partial charge in [-0.05, 0) is 49.2 Å². The van der Waals surface area contributed by atoms with Crippen LogP contribution in [0.2, 0.25) is 0 Å². The molecule has 0 bridgehead atoms. The molecule has 4 rings (SSSR count). The molecule has 1 unspecified atom stereocenters. The summed E-state index contributed by atoms with van der Waals surface area (Å²) >= 11 is 0. The molecule has 3 aromatic rings. The predicted octanol–water partition coefficient (Wildman–Crippen LogP) is 4.02. The van der Waals surface area contributed by atoms with Crippen LogP contribution in [0.5, 0.6) is 0 Å². The Bertz CT molecular complexity index is 1060. The molecule has 1 saturated heterocycles. The lowest BCUT2D eigenvalue weighted by Gasteiger charge is -2.32. The molecule has 2 heterocycles. The van der Waals surface area contributed by atoms with E-state index in [2.05, 4.69) is 10.6 Å². The second-order valence-corrected chi connectivity index (χ2v) is 7.42. The molecule has 2 aromatic carbocycles. The molecule has 3 amide bonds. The first-order valence-corrected chi connectivity index (χ1v) is 10.2. The fraction of sp³-hybridized carbons (Fsp3) is 0.208. The van der Waals surface area contributed by atoms with Gasteiger partial charge < -0.3 is 20.0 Å². The van der Waals surface area contributed by atoms with E-state index in [9.17, 15) is 14.4 Å². The summed E-state index contributed by atoms with van der Waals surface area (Å²) in [6.45, 7) is 0.895. The van der Waals surface area contributed by atoms with Crippen molar-refractivity contribution in [2.24, 2.45) is 5.92 Å².